The lowest BCUT2D eigenvalue weighted by Crippen LogP contribution is -2.28. The van der Waals surface area contributed by atoms with E-state index in [2.05, 4.69) is 15.6 Å². The van der Waals surface area contributed by atoms with Gasteiger partial charge in [-0.25, -0.2) is 4.98 Å². The predicted molar refractivity (Wildman–Crippen MR) is 123 cm³/mol. The van der Waals surface area contributed by atoms with E-state index < -0.39 is 0 Å². The van der Waals surface area contributed by atoms with Crippen molar-refractivity contribution in [3.8, 4) is 17.2 Å². The zero-order chi connectivity index (χ0) is 23.1. The van der Waals surface area contributed by atoms with Gasteiger partial charge in [0.15, 0.2) is 16.6 Å². The lowest BCUT2D eigenvalue weighted by atomic mass is 10.1. The number of aromatic nitrogens is 1. The van der Waals surface area contributed by atoms with Crippen LogP contribution < -0.4 is 24.8 Å². The van der Waals surface area contributed by atoms with Gasteiger partial charge in [0.1, 0.15) is 0 Å². The zero-order valence-corrected chi connectivity index (χ0v) is 19.1. The summed E-state index contributed by atoms with van der Waals surface area (Å²) in [5, 5.41) is 7.90. The van der Waals surface area contributed by atoms with Gasteiger partial charge in [-0.2, -0.15) is 0 Å². The van der Waals surface area contributed by atoms with E-state index in [4.69, 9.17) is 14.2 Å². The van der Waals surface area contributed by atoms with Crippen molar-refractivity contribution in [2.75, 3.05) is 26.6 Å². The molecule has 0 aliphatic heterocycles. The molecule has 32 heavy (non-hydrogen) atoms. The molecule has 3 aromatic rings. The SMILES string of the molecule is COc1cc(C(C)NC(=O)Cc2csc(NC(=O)c3ccccc3)n2)cc(OC)c1OC. The maximum atomic E-state index is 12.6. The Morgan fingerprint density at radius 3 is 2.28 bits per heavy atom. The Morgan fingerprint density at radius 2 is 1.69 bits per heavy atom. The Balaban J connectivity index is 1.62. The molecular formula is C23H25N3O5S. The molecule has 9 heteroatoms. The number of carbonyl (C=O) groups is 2. The third-order valence-electron chi connectivity index (χ3n) is 4.71. The van der Waals surface area contributed by atoms with Crippen LogP contribution in [0.5, 0.6) is 17.2 Å². The van der Waals surface area contributed by atoms with Crippen LogP contribution in [0.2, 0.25) is 0 Å². The van der Waals surface area contributed by atoms with Gasteiger partial charge in [0.25, 0.3) is 5.91 Å². The predicted octanol–water partition coefficient (Wildman–Crippen LogP) is 3.84. The molecule has 8 nitrogen and oxygen atoms in total. The molecule has 2 N–H and O–H groups in total. The Kier molecular flexibility index (Phi) is 7.67. The number of hydrogen-bond acceptors (Lipinski definition) is 7. The Morgan fingerprint density at radius 1 is 1.03 bits per heavy atom. The molecule has 1 aromatic heterocycles. The van der Waals surface area contributed by atoms with Crippen LogP contribution in [0, 0.1) is 0 Å². The van der Waals surface area contributed by atoms with Crippen LogP contribution in [0.4, 0.5) is 5.13 Å². The van der Waals surface area contributed by atoms with Crippen molar-refractivity contribution in [2.24, 2.45) is 0 Å². The second kappa shape index (κ2) is 10.6. The van der Waals surface area contributed by atoms with Gasteiger partial charge >= 0.3 is 0 Å². The summed E-state index contributed by atoms with van der Waals surface area (Å²) in [6.07, 6.45) is 0.0898. The summed E-state index contributed by atoms with van der Waals surface area (Å²) >= 11 is 1.27. The van der Waals surface area contributed by atoms with E-state index in [0.717, 1.165) is 5.56 Å². The molecule has 0 aliphatic carbocycles. The molecule has 0 saturated carbocycles. The third-order valence-corrected chi connectivity index (χ3v) is 5.52. The molecule has 2 amide bonds. The smallest absolute Gasteiger partial charge is 0.257 e. The molecule has 0 bridgehead atoms. The van der Waals surface area contributed by atoms with Gasteiger partial charge in [0, 0.05) is 10.9 Å². The highest BCUT2D eigenvalue weighted by Crippen LogP contribution is 2.39. The maximum Gasteiger partial charge on any atom is 0.257 e. The van der Waals surface area contributed by atoms with E-state index in [9.17, 15) is 9.59 Å². The molecule has 0 saturated heterocycles. The number of nitrogens with zero attached hydrogens (tertiary/aromatic N) is 1. The van der Waals surface area contributed by atoms with Gasteiger partial charge in [-0.15, -0.1) is 11.3 Å². The summed E-state index contributed by atoms with van der Waals surface area (Å²) in [6.45, 7) is 1.87. The highest BCUT2D eigenvalue weighted by molar-refractivity contribution is 7.14. The number of nitrogens with one attached hydrogen (secondary N) is 2. The minimum absolute atomic E-state index is 0.0898. The summed E-state index contributed by atoms with van der Waals surface area (Å²) in [7, 11) is 4.62. The molecule has 0 radical (unpaired) electrons. The molecule has 3 rings (SSSR count). The van der Waals surface area contributed by atoms with E-state index in [1.807, 2.05) is 13.0 Å². The third kappa shape index (κ3) is 5.55. The van der Waals surface area contributed by atoms with Gasteiger partial charge in [-0.1, -0.05) is 18.2 Å². The fourth-order valence-corrected chi connectivity index (χ4v) is 3.80. The molecule has 1 heterocycles. The summed E-state index contributed by atoms with van der Waals surface area (Å²) < 4.78 is 16.1. The Hall–Kier alpha value is -3.59. The highest BCUT2D eigenvalue weighted by atomic mass is 32.1. The Bertz CT molecular complexity index is 1060. The molecule has 168 valence electrons. The van der Waals surface area contributed by atoms with E-state index in [0.29, 0.717) is 33.6 Å². The second-order valence-corrected chi connectivity index (χ2v) is 7.75. The highest BCUT2D eigenvalue weighted by Gasteiger charge is 2.18. The van der Waals surface area contributed by atoms with Crippen molar-refractivity contribution in [3.63, 3.8) is 0 Å². The molecule has 0 fully saturated rings. The van der Waals surface area contributed by atoms with Crippen molar-refractivity contribution >= 4 is 28.3 Å². The first-order chi connectivity index (χ1) is 15.4. The molecule has 0 aliphatic rings. The molecule has 1 unspecified atom stereocenters. The van der Waals surface area contributed by atoms with Crippen LogP contribution in [0.3, 0.4) is 0 Å². The van der Waals surface area contributed by atoms with Crippen molar-refractivity contribution in [1.29, 1.82) is 0 Å². The van der Waals surface area contributed by atoms with Gasteiger partial charge in [0.2, 0.25) is 11.7 Å². The minimum atomic E-state index is -0.299. The second-order valence-electron chi connectivity index (χ2n) is 6.89. The van der Waals surface area contributed by atoms with Gasteiger partial charge in [-0.3, -0.25) is 14.9 Å². The van der Waals surface area contributed by atoms with Crippen molar-refractivity contribution in [1.82, 2.24) is 10.3 Å². The van der Waals surface area contributed by atoms with Crippen LogP contribution in [-0.2, 0) is 11.2 Å². The number of carbonyl (C=O) groups excluding carboxylic acids is 2. The molecular weight excluding hydrogens is 430 g/mol. The first kappa shape index (κ1) is 23.1. The first-order valence-electron chi connectivity index (χ1n) is 9.85. The number of anilines is 1. The lowest BCUT2D eigenvalue weighted by molar-refractivity contribution is -0.121. The number of amides is 2. The zero-order valence-electron chi connectivity index (χ0n) is 18.3. The van der Waals surface area contributed by atoms with Crippen molar-refractivity contribution in [2.45, 2.75) is 19.4 Å². The van der Waals surface area contributed by atoms with E-state index in [1.165, 1.54) is 18.4 Å². The monoisotopic (exact) mass is 455 g/mol. The number of hydrogen-bond donors (Lipinski definition) is 2. The number of rotatable bonds is 9. The summed E-state index contributed by atoms with van der Waals surface area (Å²) in [4.78, 5) is 29.1. The van der Waals surface area contributed by atoms with Crippen molar-refractivity contribution < 1.29 is 23.8 Å². The first-order valence-corrected chi connectivity index (χ1v) is 10.7. The number of thiazole rings is 1. The van der Waals surface area contributed by atoms with Crippen LogP contribution in [0.25, 0.3) is 0 Å². The lowest BCUT2D eigenvalue weighted by Gasteiger charge is -2.18. The van der Waals surface area contributed by atoms with Crippen LogP contribution in [0.1, 0.15) is 34.6 Å². The molecule has 0 spiro atoms. The van der Waals surface area contributed by atoms with Crippen molar-refractivity contribution in [3.05, 3.63) is 64.7 Å². The van der Waals surface area contributed by atoms with Crippen LogP contribution in [-0.4, -0.2) is 38.1 Å². The number of ether oxygens (including phenoxy) is 3. The standard InChI is InChI=1S/C23H25N3O5S/c1-14(16-10-18(29-2)21(31-4)19(11-16)30-3)24-20(27)12-17-13-32-23(25-17)26-22(28)15-8-6-5-7-9-15/h5-11,13-14H,12H2,1-4H3,(H,24,27)(H,25,26,28). The van der Waals surface area contributed by atoms with Crippen LogP contribution in [0.15, 0.2) is 47.8 Å². The average molecular weight is 456 g/mol. The fraction of sp³-hybridized carbons (Fsp3) is 0.261. The topological polar surface area (TPSA) is 98.8 Å². The summed E-state index contributed by atoms with van der Waals surface area (Å²) in [5.41, 5.74) is 1.93. The quantitative estimate of drug-likeness (QED) is 0.509. The van der Waals surface area contributed by atoms with Gasteiger partial charge < -0.3 is 19.5 Å². The number of benzene rings is 2. The Labute approximate surface area is 190 Å². The molecule has 1 atom stereocenters. The van der Waals surface area contributed by atoms with Gasteiger partial charge in [-0.05, 0) is 36.8 Å². The van der Waals surface area contributed by atoms with E-state index in [-0.39, 0.29) is 24.3 Å². The van der Waals surface area contributed by atoms with Gasteiger partial charge in [0.05, 0.1) is 39.5 Å². The summed E-state index contributed by atoms with van der Waals surface area (Å²) in [5.74, 6) is 1.08. The number of methoxy groups -OCH3 is 3. The largest absolute Gasteiger partial charge is 0.493 e. The summed E-state index contributed by atoms with van der Waals surface area (Å²) in [6, 6.07) is 12.2. The normalized spacial score (nSPS) is 11.4. The minimum Gasteiger partial charge on any atom is -0.493 e. The van der Waals surface area contributed by atoms with E-state index in [1.54, 1.807) is 56.0 Å². The molecule has 2 aromatic carbocycles. The fourth-order valence-electron chi connectivity index (χ4n) is 3.10. The maximum absolute atomic E-state index is 12.6. The van der Waals surface area contributed by atoms with Crippen LogP contribution >= 0.6 is 11.3 Å². The van der Waals surface area contributed by atoms with E-state index >= 15 is 0 Å². The average Bonchev–Trinajstić information content (AvgIpc) is 3.24.